The van der Waals surface area contributed by atoms with Crippen LogP contribution in [0.25, 0.3) is 0 Å². The molecule has 0 spiro atoms. The van der Waals surface area contributed by atoms with E-state index in [1.54, 1.807) is 12.1 Å². The molecule has 350 valence electrons. The number of nitrogens with one attached hydrogen (secondary N) is 5. The van der Waals surface area contributed by atoms with E-state index < -0.39 is 48.4 Å². The van der Waals surface area contributed by atoms with Crippen LogP contribution in [0.1, 0.15) is 86.2 Å². The molecule has 5 amide bonds. The fraction of sp³-hybridized carbons (Fsp3) is 0.412. The van der Waals surface area contributed by atoms with Gasteiger partial charge in [-0.05, 0) is 91.1 Å². The molecule has 2 aliphatic rings. The molecule has 15 heteroatoms. The van der Waals surface area contributed by atoms with Gasteiger partial charge in [0, 0.05) is 69.6 Å². The number of piperidine rings is 1. The first-order chi connectivity index (χ1) is 31.9. The van der Waals surface area contributed by atoms with Crippen LogP contribution in [0.5, 0.6) is 5.75 Å². The molecular weight excluding hydrogens is 839 g/mol. The van der Waals surface area contributed by atoms with Crippen molar-refractivity contribution >= 4 is 41.2 Å². The molecule has 0 saturated carbocycles. The normalized spacial score (nSPS) is 16.4. The maximum Gasteiger partial charge on any atom is 0.326 e. The molecule has 66 heavy (non-hydrogen) atoms. The van der Waals surface area contributed by atoms with Gasteiger partial charge in [0.25, 0.3) is 0 Å². The van der Waals surface area contributed by atoms with Crippen LogP contribution in [0, 0.1) is 0 Å². The molecule has 6 rings (SSSR count). The minimum absolute atomic E-state index is 0.0232. The Morgan fingerprint density at radius 3 is 2.08 bits per heavy atom. The topological polar surface area (TPSA) is 210 Å². The summed E-state index contributed by atoms with van der Waals surface area (Å²) in [6.45, 7) is 5.92. The molecule has 15 nitrogen and oxygen atoms in total. The Morgan fingerprint density at radius 2 is 1.39 bits per heavy atom. The number of carboxylic acid groups (broad SMARTS) is 1. The maximum absolute atomic E-state index is 13.5. The molecule has 1 fully saturated rings. The second kappa shape index (κ2) is 24.1. The Morgan fingerprint density at radius 1 is 0.742 bits per heavy atom. The summed E-state index contributed by atoms with van der Waals surface area (Å²) in [4.78, 5) is 81.8. The monoisotopic (exact) mass is 901 g/mol. The van der Waals surface area contributed by atoms with Crippen molar-refractivity contribution in [3.63, 3.8) is 0 Å². The predicted octanol–water partition coefficient (Wildman–Crippen LogP) is 4.32. The number of phenols is 1. The smallest absolute Gasteiger partial charge is 0.326 e. The summed E-state index contributed by atoms with van der Waals surface area (Å²) in [6, 6.07) is 28.7. The summed E-state index contributed by atoms with van der Waals surface area (Å²) in [5.41, 5.74) is 6.18. The number of carbonyl (C=O) groups excluding carboxylic acids is 5. The van der Waals surface area contributed by atoms with Crippen LogP contribution in [-0.4, -0.2) is 101 Å². The lowest BCUT2D eigenvalue weighted by molar-refractivity contribution is -0.142. The molecule has 1 aliphatic heterocycles. The van der Waals surface area contributed by atoms with E-state index in [1.807, 2.05) is 72.5 Å². The van der Waals surface area contributed by atoms with Crippen LogP contribution < -0.4 is 31.5 Å². The van der Waals surface area contributed by atoms with E-state index >= 15 is 0 Å². The number of fused-ring (bicyclic) bond motifs is 1. The zero-order chi connectivity index (χ0) is 47.0. The molecule has 1 heterocycles. The first-order valence-electron chi connectivity index (χ1n) is 23.0. The van der Waals surface area contributed by atoms with Gasteiger partial charge in [0.05, 0.1) is 6.54 Å². The number of rotatable bonds is 21. The van der Waals surface area contributed by atoms with Crippen molar-refractivity contribution < 1.29 is 39.0 Å². The van der Waals surface area contributed by atoms with Gasteiger partial charge in [-0.1, -0.05) is 85.8 Å². The molecule has 0 aromatic heterocycles. The number of anilines is 1. The molecule has 1 saturated heterocycles. The fourth-order valence-electron chi connectivity index (χ4n) is 8.79. The number of amides is 5. The summed E-state index contributed by atoms with van der Waals surface area (Å²) in [6.07, 6.45) is 5.54. The lowest BCUT2D eigenvalue weighted by Crippen LogP contribution is -2.54. The number of aryl methyl sites for hydroxylation is 1. The third kappa shape index (κ3) is 14.2. The van der Waals surface area contributed by atoms with E-state index in [-0.39, 0.29) is 48.9 Å². The Labute approximate surface area is 386 Å². The van der Waals surface area contributed by atoms with Crippen LogP contribution in [0.4, 0.5) is 5.69 Å². The number of para-hydroxylation sites is 1. The highest BCUT2D eigenvalue weighted by Gasteiger charge is 2.30. The van der Waals surface area contributed by atoms with Crippen LogP contribution >= 0.6 is 0 Å². The molecule has 0 unspecified atom stereocenters. The van der Waals surface area contributed by atoms with Crippen molar-refractivity contribution in [3.8, 4) is 5.75 Å². The van der Waals surface area contributed by atoms with Gasteiger partial charge in [-0.3, -0.25) is 28.9 Å². The lowest BCUT2D eigenvalue weighted by atomic mass is 9.86. The number of benzene rings is 4. The Balaban J connectivity index is 0.959. The van der Waals surface area contributed by atoms with Gasteiger partial charge in [-0.15, -0.1) is 0 Å². The molecule has 7 N–H and O–H groups in total. The molecule has 0 radical (unpaired) electrons. The largest absolute Gasteiger partial charge is 0.508 e. The van der Waals surface area contributed by atoms with E-state index in [0.717, 1.165) is 63.0 Å². The minimum Gasteiger partial charge on any atom is -0.508 e. The van der Waals surface area contributed by atoms with Gasteiger partial charge >= 0.3 is 5.97 Å². The summed E-state index contributed by atoms with van der Waals surface area (Å²) in [5, 5.41) is 33.1. The van der Waals surface area contributed by atoms with Gasteiger partial charge in [0.1, 0.15) is 23.9 Å². The molecule has 4 aromatic carbocycles. The first kappa shape index (κ1) is 48.9. The average Bonchev–Trinajstić information content (AvgIpc) is 3.32. The Kier molecular flexibility index (Phi) is 17.8. The first-order valence-corrected chi connectivity index (χ1v) is 23.0. The number of aromatic hydroxyl groups is 1. The number of nitrogens with zero attached hydrogens (tertiary/aromatic N) is 2. The number of phenolic OH excluding ortho intramolecular Hbond substituents is 1. The van der Waals surface area contributed by atoms with Crippen molar-refractivity contribution in [3.05, 3.63) is 131 Å². The van der Waals surface area contributed by atoms with Gasteiger partial charge < -0.3 is 41.7 Å². The van der Waals surface area contributed by atoms with Crippen LogP contribution in [-0.2, 0) is 54.6 Å². The van der Waals surface area contributed by atoms with Crippen molar-refractivity contribution in [2.75, 3.05) is 31.1 Å². The molecule has 1 aliphatic carbocycles. The number of hydrogen-bond donors (Lipinski definition) is 7. The molecule has 4 atom stereocenters. The van der Waals surface area contributed by atoms with Crippen molar-refractivity contribution in [1.29, 1.82) is 0 Å². The standard InChI is InChI=1S/C51H63N7O8/c1-3-48(62)58(39-14-8-5-9-15-39)40-24-27-57(28-25-40)33-37-19-22-42-38(29-37)13-10-16-43(42)52-26-23-46(60)55-44(30-35-11-6-4-7-12-35)50(64)53-32-47(61)54-34(2)49(63)56-45(51(65)66)31-36-17-20-41(59)21-18-36/h4-9,11-12,14-15,17-22,29,34,40,43-45,52,59H,3,10,13,16,23-28,30-33H2,1-2H3,(H,53,64)(H,54,61)(H,55,60)(H,56,63)(H,65,66)/t34-,43-,44+,45+/m1/s1. The third-order valence-electron chi connectivity index (χ3n) is 12.3. The van der Waals surface area contributed by atoms with E-state index in [2.05, 4.69) is 49.7 Å². The van der Waals surface area contributed by atoms with Gasteiger partial charge in [0.2, 0.25) is 29.5 Å². The van der Waals surface area contributed by atoms with Crippen molar-refractivity contribution in [1.82, 2.24) is 31.5 Å². The molecule has 0 bridgehead atoms. The summed E-state index contributed by atoms with van der Waals surface area (Å²) >= 11 is 0. The van der Waals surface area contributed by atoms with Crippen molar-refractivity contribution in [2.24, 2.45) is 0 Å². The number of likely N-dealkylation sites (tertiary alicyclic amines) is 1. The zero-order valence-electron chi connectivity index (χ0n) is 37.8. The highest BCUT2D eigenvalue weighted by Crippen LogP contribution is 2.31. The quantitative estimate of drug-likeness (QED) is 0.0630. The lowest BCUT2D eigenvalue weighted by Gasteiger charge is -2.38. The number of hydrogen-bond acceptors (Lipinski definition) is 9. The molecule has 4 aromatic rings. The van der Waals surface area contributed by atoms with Crippen LogP contribution in [0.2, 0.25) is 0 Å². The van der Waals surface area contributed by atoms with E-state index in [1.165, 1.54) is 35.7 Å². The van der Waals surface area contributed by atoms with Crippen LogP contribution in [0.15, 0.2) is 103 Å². The van der Waals surface area contributed by atoms with Crippen LogP contribution in [0.3, 0.4) is 0 Å². The molecular formula is C51H63N7O8. The van der Waals surface area contributed by atoms with Gasteiger partial charge in [0.15, 0.2) is 0 Å². The highest BCUT2D eigenvalue weighted by atomic mass is 16.4. The zero-order valence-corrected chi connectivity index (χ0v) is 37.8. The van der Waals surface area contributed by atoms with E-state index in [9.17, 15) is 39.0 Å². The Hall–Kier alpha value is -6.58. The van der Waals surface area contributed by atoms with E-state index in [4.69, 9.17) is 0 Å². The minimum atomic E-state index is -1.28. The third-order valence-corrected chi connectivity index (χ3v) is 12.3. The summed E-state index contributed by atoms with van der Waals surface area (Å²) < 4.78 is 0. The number of carboxylic acids is 1. The van der Waals surface area contributed by atoms with Gasteiger partial charge in [-0.25, -0.2) is 4.79 Å². The summed E-state index contributed by atoms with van der Waals surface area (Å²) in [7, 11) is 0. The highest BCUT2D eigenvalue weighted by molar-refractivity contribution is 5.94. The maximum atomic E-state index is 13.5. The predicted molar refractivity (Wildman–Crippen MR) is 251 cm³/mol. The second-order valence-corrected chi connectivity index (χ2v) is 17.2. The fourth-order valence-corrected chi connectivity index (χ4v) is 8.79. The SMILES string of the molecule is CCC(=O)N(c1ccccc1)C1CCN(Cc2ccc3c(c2)CCC[C@H]3NCCC(=O)N[C@@H](Cc2ccccc2)C(=O)NCC(=O)N[C@H](C)C(=O)N[C@@H](Cc2ccc(O)cc2)C(=O)O)CC1. The second-order valence-electron chi connectivity index (χ2n) is 17.2. The summed E-state index contributed by atoms with van der Waals surface area (Å²) in [5.74, 6) is -3.39. The number of aliphatic carboxylic acids is 1. The van der Waals surface area contributed by atoms with E-state index in [0.29, 0.717) is 18.5 Å². The Bertz CT molecular complexity index is 2270. The van der Waals surface area contributed by atoms with Gasteiger partial charge in [-0.2, -0.15) is 0 Å². The average molecular weight is 902 g/mol. The number of carbonyl (C=O) groups is 6. The van der Waals surface area contributed by atoms with Crippen molar-refractivity contribution in [2.45, 2.75) is 108 Å².